The Hall–Kier alpha value is -1.96. The van der Waals surface area contributed by atoms with E-state index in [-0.39, 0.29) is 23.4 Å². The van der Waals surface area contributed by atoms with E-state index >= 15 is 0 Å². The second-order valence-corrected chi connectivity index (χ2v) is 5.12. The van der Waals surface area contributed by atoms with Crippen molar-refractivity contribution in [2.24, 2.45) is 0 Å². The highest BCUT2D eigenvalue weighted by atomic mass is 32.1. The molecule has 0 aliphatic heterocycles. The molecule has 0 fully saturated rings. The fourth-order valence-corrected chi connectivity index (χ4v) is 2.51. The maximum atomic E-state index is 13.3. The van der Waals surface area contributed by atoms with Crippen molar-refractivity contribution < 1.29 is 27.5 Å². The van der Waals surface area contributed by atoms with Crippen LogP contribution in [-0.4, -0.2) is 16.1 Å². The molecule has 1 aromatic heterocycles. The summed E-state index contributed by atoms with van der Waals surface area (Å²) in [5.74, 6) is -1.99. The highest BCUT2D eigenvalue weighted by molar-refractivity contribution is 7.13. The number of benzene rings is 1. The first kappa shape index (κ1) is 15.4. The molecular formula is C13H9F4NO2S. The number of aryl methyl sites for hydroxylation is 1. The van der Waals surface area contributed by atoms with Crippen molar-refractivity contribution in [3.05, 3.63) is 40.7 Å². The number of nitrogens with zero attached hydrogens (tertiary/aromatic N) is 1. The molecule has 2 aromatic rings. The van der Waals surface area contributed by atoms with Gasteiger partial charge in [-0.3, -0.25) is 4.79 Å². The SMILES string of the molecule is O=C(O)CCc1csc(-c2cc(F)cc(C(F)(F)F)c2)n1. The van der Waals surface area contributed by atoms with E-state index in [0.717, 1.165) is 23.5 Å². The number of hydrogen-bond acceptors (Lipinski definition) is 3. The number of carbonyl (C=O) groups is 1. The molecule has 21 heavy (non-hydrogen) atoms. The number of hydrogen-bond donors (Lipinski definition) is 1. The molecule has 2 rings (SSSR count). The minimum absolute atomic E-state index is 0.0221. The highest BCUT2D eigenvalue weighted by Crippen LogP contribution is 2.34. The second kappa shape index (κ2) is 5.80. The molecule has 0 atom stereocenters. The van der Waals surface area contributed by atoms with Gasteiger partial charge in [-0.15, -0.1) is 11.3 Å². The minimum Gasteiger partial charge on any atom is -0.481 e. The molecule has 3 nitrogen and oxygen atoms in total. The molecule has 1 aromatic carbocycles. The second-order valence-electron chi connectivity index (χ2n) is 4.26. The van der Waals surface area contributed by atoms with Crippen LogP contribution in [-0.2, 0) is 17.4 Å². The Bertz CT molecular complexity index is 666. The van der Waals surface area contributed by atoms with Crippen LogP contribution in [0.3, 0.4) is 0 Å². The van der Waals surface area contributed by atoms with Gasteiger partial charge < -0.3 is 5.11 Å². The van der Waals surface area contributed by atoms with Crippen molar-refractivity contribution in [2.45, 2.75) is 19.0 Å². The first-order valence-electron chi connectivity index (χ1n) is 5.80. The highest BCUT2D eigenvalue weighted by Gasteiger charge is 2.31. The quantitative estimate of drug-likeness (QED) is 0.867. The standard InChI is InChI=1S/C13H9F4NO2S/c14-9-4-7(3-8(5-9)13(15,16)17)12-18-10(6-21-12)1-2-11(19)20/h3-6H,1-2H2,(H,19,20). The van der Waals surface area contributed by atoms with Gasteiger partial charge in [-0.05, 0) is 18.2 Å². The zero-order valence-corrected chi connectivity index (χ0v) is 11.3. The van der Waals surface area contributed by atoms with Crippen molar-refractivity contribution >= 4 is 17.3 Å². The van der Waals surface area contributed by atoms with Crippen LogP contribution in [0.5, 0.6) is 0 Å². The Morgan fingerprint density at radius 1 is 1.29 bits per heavy atom. The largest absolute Gasteiger partial charge is 0.481 e. The van der Waals surface area contributed by atoms with Crippen molar-refractivity contribution in [3.8, 4) is 10.6 Å². The average molecular weight is 319 g/mol. The molecule has 0 saturated heterocycles. The van der Waals surface area contributed by atoms with Gasteiger partial charge in [0.15, 0.2) is 0 Å². The van der Waals surface area contributed by atoms with Crippen LogP contribution in [0.2, 0.25) is 0 Å². The number of rotatable bonds is 4. The van der Waals surface area contributed by atoms with E-state index in [4.69, 9.17) is 5.11 Å². The third-order valence-corrected chi connectivity index (χ3v) is 3.56. The Morgan fingerprint density at radius 2 is 2.00 bits per heavy atom. The van der Waals surface area contributed by atoms with Crippen LogP contribution in [0.25, 0.3) is 10.6 Å². The summed E-state index contributed by atoms with van der Waals surface area (Å²) in [7, 11) is 0. The lowest BCUT2D eigenvalue weighted by atomic mass is 10.1. The van der Waals surface area contributed by atoms with Crippen LogP contribution < -0.4 is 0 Å². The molecule has 0 unspecified atom stereocenters. The maximum Gasteiger partial charge on any atom is 0.416 e. The van der Waals surface area contributed by atoms with Gasteiger partial charge in [-0.2, -0.15) is 13.2 Å². The summed E-state index contributed by atoms with van der Waals surface area (Å²) in [5.41, 5.74) is -0.607. The Morgan fingerprint density at radius 3 is 2.62 bits per heavy atom. The van der Waals surface area contributed by atoms with Crippen LogP contribution in [0.15, 0.2) is 23.6 Å². The van der Waals surface area contributed by atoms with Crippen molar-refractivity contribution in [3.63, 3.8) is 0 Å². The van der Waals surface area contributed by atoms with Gasteiger partial charge in [0.1, 0.15) is 10.8 Å². The van der Waals surface area contributed by atoms with Crippen molar-refractivity contribution in [1.29, 1.82) is 0 Å². The van der Waals surface area contributed by atoms with Crippen LogP contribution in [0, 0.1) is 5.82 Å². The maximum absolute atomic E-state index is 13.3. The topological polar surface area (TPSA) is 50.2 Å². The van der Waals surface area contributed by atoms with Gasteiger partial charge in [0, 0.05) is 17.4 Å². The normalized spacial score (nSPS) is 11.6. The summed E-state index contributed by atoms with van der Waals surface area (Å²) in [6, 6.07) is 2.21. The zero-order chi connectivity index (χ0) is 15.6. The van der Waals surface area contributed by atoms with E-state index in [0.29, 0.717) is 11.8 Å². The third-order valence-electron chi connectivity index (χ3n) is 2.62. The van der Waals surface area contributed by atoms with E-state index in [2.05, 4.69) is 4.98 Å². The van der Waals surface area contributed by atoms with Crippen LogP contribution >= 0.6 is 11.3 Å². The van der Waals surface area contributed by atoms with E-state index < -0.39 is 23.5 Å². The van der Waals surface area contributed by atoms with Gasteiger partial charge >= 0.3 is 12.1 Å². The molecule has 0 radical (unpaired) electrons. The average Bonchev–Trinajstić information content (AvgIpc) is 2.83. The summed E-state index contributed by atoms with van der Waals surface area (Å²) < 4.78 is 51.2. The lowest BCUT2D eigenvalue weighted by Crippen LogP contribution is -2.05. The van der Waals surface area contributed by atoms with Crippen molar-refractivity contribution in [2.75, 3.05) is 0 Å². The zero-order valence-electron chi connectivity index (χ0n) is 10.4. The summed E-state index contributed by atoms with van der Waals surface area (Å²) in [6.45, 7) is 0. The molecule has 0 saturated carbocycles. The Kier molecular flexibility index (Phi) is 4.26. The predicted octanol–water partition coefficient (Wildman–Crippen LogP) is 3.99. The fraction of sp³-hybridized carbons (Fsp3) is 0.231. The molecule has 0 bridgehead atoms. The van der Waals surface area contributed by atoms with E-state index in [1.165, 1.54) is 0 Å². The number of alkyl halides is 3. The predicted molar refractivity (Wildman–Crippen MR) is 68.5 cm³/mol. The molecule has 8 heteroatoms. The minimum atomic E-state index is -4.64. The smallest absolute Gasteiger partial charge is 0.416 e. The van der Waals surface area contributed by atoms with E-state index in [1.54, 1.807) is 5.38 Å². The van der Waals surface area contributed by atoms with Gasteiger partial charge in [0.25, 0.3) is 0 Å². The lowest BCUT2D eigenvalue weighted by Gasteiger charge is -2.08. The summed E-state index contributed by atoms with van der Waals surface area (Å²) in [4.78, 5) is 14.5. The molecule has 0 aliphatic carbocycles. The Balaban J connectivity index is 2.30. The first-order chi connectivity index (χ1) is 9.75. The van der Waals surface area contributed by atoms with Gasteiger partial charge in [0.2, 0.25) is 0 Å². The first-order valence-corrected chi connectivity index (χ1v) is 6.68. The molecule has 1 heterocycles. The number of halogens is 4. The number of thiazole rings is 1. The summed E-state index contributed by atoms with van der Waals surface area (Å²) in [6.07, 6.45) is -4.59. The monoisotopic (exact) mass is 319 g/mol. The van der Waals surface area contributed by atoms with Crippen LogP contribution in [0.4, 0.5) is 17.6 Å². The molecule has 0 amide bonds. The van der Waals surface area contributed by atoms with Gasteiger partial charge in [0.05, 0.1) is 17.7 Å². The van der Waals surface area contributed by atoms with Gasteiger partial charge in [-0.25, -0.2) is 9.37 Å². The summed E-state index contributed by atoms with van der Waals surface area (Å²) in [5, 5.41) is 10.3. The van der Waals surface area contributed by atoms with E-state index in [1.807, 2.05) is 0 Å². The Labute approximate surface area is 120 Å². The molecule has 112 valence electrons. The lowest BCUT2D eigenvalue weighted by molar-refractivity contribution is -0.138. The number of carboxylic acid groups (broad SMARTS) is 1. The molecular weight excluding hydrogens is 310 g/mol. The third kappa shape index (κ3) is 4.01. The molecule has 0 aliphatic rings. The van der Waals surface area contributed by atoms with Gasteiger partial charge in [-0.1, -0.05) is 0 Å². The summed E-state index contributed by atoms with van der Waals surface area (Å²) >= 11 is 1.04. The molecule has 0 spiro atoms. The molecule has 1 N–H and O–H groups in total. The fourth-order valence-electron chi connectivity index (χ4n) is 1.67. The number of aromatic nitrogens is 1. The number of carboxylic acids is 1. The number of aliphatic carboxylic acids is 1. The van der Waals surface area contributed by atoms with Crippen LogP contribution in [0.1, 0.15) is 17.7 Å². The van der Waals surface area contributed by atoms with Crippen molar-refractivity contribution in [1.82, 2.24) is 4.98 Å². The van der Waals surface area contributed by atoms with E-state index in [9.17, 15) is 22.4 Å².